The van der Waals surface area contributed by atoms with Crippen molar-refractivity contribution in [1.82, 2.24) is 14.6 Å². The van der Waals surface area contributed by atoms with Gasteiger partial charge in [-0.05, 0) is 67.5 Å². The summed E-state index contributed by atoms with van der Waals surface area (Å²) in [5.41, 5.74) is 1.72. The molecule has 3 N–H and O–H groups in total. The van der Waals surface area contributed by atoms with Gasteiger partial charge in [-0.1, -0.05) is 25.1 Å². The maximum Gasteiger partial charge on any atom is 0.335 e. The largest absolute Gasteiger partial charge is 0.478 e. The van der Waals surface area contributed by atoms with Gasteiger partial charge in [-0.25, -0.2) is 13.2 Å². The van der Waals surface area contributed by atoms with E-state index in [-0.39, 0.29) is 22.8 Å². The van der Waals surface area contributed by atoms with E-state index in [0.29, 0.717) is 36.3 Å². The molecule has 0 bridgehead atoms. The van der Waals surface area contributed by atoms with Gasteiger partial charge in [0.15, 0.2) is 0 Å². The molecule has 1 aromatic heterocycles. The summed E-state index contributed by atoms with van der Waals surface area (Å²) >= 11 is 0. The van der Waals surface area contributed by atoms with Crippen LogP contribution < -0.4 is 4.72 Å². The molecule has 2 aromatic carbocycles. The highest BCUT2D eigenvalue weighted by Crippen LogP contribution is 2.24. The molecule has 3 aromatic rings. The summed E-state index contributed by atoms with van der Waals surface area (Å²) in [5.74, 6) is -0.692. The fourth-order valence-corrected chi connectivity index (χ4v) is 5.79. The van der Waals surface area contributed by atoms with Crippen LogP contribution >= 0.6 is 0 Å². The van der Waals surface area contributed by atoms with Crippen LogP contribution in [0.2, 0.25) is 0 Å². The van der Waals surface area contributed by atoms with E-state index >= 15 is 0 Å². The number of likely N-dealkylation sites (tertiary alicyclic amines) is 1. The molecule has 4 rings (SSSR count). The number of nitrogens with one attached hydrogen (secondary N) is 2. The number of piperidine rings is 1. The molecular weight excluding hydrogens is 454 g/mol. The first-order chi connectivity index (χ1) is 16.2. The van der Waals surface area contributed by atoms with E-state index in [9.17, 15) is 18.0 Å². The fraction of sp³-hybridized carbons (Fsp3) is 0.360. The first-order valence-corrected chi connectivity index (χ1v) is 12.9. The van der Waals surface area contributed by atoms with Crippen LogP contribution in [0, 0.1) is 5.92 Å². The minimum Gasteiger partial charge on any atom is -0.478 e. The van der Waals surface area contributed by atoms with Crippen molar-refractivity contribution in [3.8, 4) is 0 Å². The number of fused-ring (bicyclic) bond motifs is 1. The van der Waals surface area contributed by atoms with E-state index in [1.807, 2.05) is 0 Å². The van der Waals surface area contributed by atoms with Gasteiger partial charge in [0, 0.05) is 30.2 Å². The zero-order valence-electron chi connectivity index (χ0n) is 19.0. The monoisotopic (exact) mass is 483 g/mol. The smallest absolute Gasteiger partial charge is 0.335 e. The van der Waals surface area contributed by atoms with Crippen molar-refractivity contribution in [3.05, 3.63) is 65.9 Å². The van der Waals surface area contributed by atoms with Crippen molar-refractivity contribution >= 4 is 32.8 Å². The third-order valence-corrected chi connectivity index (χ3v) is 7.99. The Balaban J connectivity index is 1.57. The normalized spacial score (nSPS) is 16.0. The van der Waals surface area contributed by atoms with Crippen molar-refractivity contribution < 1.29 is 23.1 Å². The second-order valence-corrected chi connectivity index (χ2v) is 10.6. The summed E-state index contributed by atoms with van der Waals surface area (Å²) in [6, 6.07) is 12.2. The number of aromatic amines is 1. The molecule has 1 aliphatic heterocycles. The molecule has 180 valence electrons. The Morgan fingerprint density at radius 2 is 1.82 bits per heavy atom. The summed E-state index contributed by atoms with van der Waals surface area (Å²) in [5, 5.41) is 9.66. The number of carboxylic acid groups (broad SMARTS) is 1. The molecule has 1 fully saturated rings. The molecule has 0 aliphatic carbocycles. The lowest BCUT2D eigenvalue weighted by Crippen LogP contribution is -2.50. The number of carboxylic acids is 1. The topological polar surface area (TPSA) is 120 Å². The van der Waals surface area contributed by atoms with Crippen molar-refractivity contribution in [1.29, 1.82) is 0 Å². The van der Waals surface area contributed by atoms with Gasteiger partial charge in [0.25, 0.3) is 0 Å². The number of sulfonamides is 1. The average molecular weight is 484 g/mol. The van der Waals surface area contributed by atoms with E-state index in [2.05, 4.69) is 16.6 Å². The van der Waals surface area contributed by atoms with Gasteiger partial charge in [0.1, 0.15) is 6.04 Å². The van der Waals surface area contributed by atoms with Crippen LogP contribution in [0.15, 0.2) is 59.6 Å². The number of aromatic carboxylic acids is 1. The fourth-order valence-electron chi connectivity index (χ4n) is 4.35. The van der Waals surface area contributed by atoms with E-state index in [4.69, 9.17) is 5.11 Å². The molecule has 0 spiro atoms. The number of nitrogens with zero attached hydrogens (tertiary/aromatic N) is 1. The van der Waals surface area contributed by atoms with Crippen molar-refractivity contribution in [3.63, 3.8) is 0 Å². The summed E-state index contributed by atoms with van der Waals surface area (Å²) in [6.07, 6.45) is 4.16. The second-order valence-electron chi connectivity index (χ2n) is 8.92. The van der Waals surface area contributed by atoms with Crippen LogP contribution in [-0.2, 0) is 21.2 Å². The third-order valence-electron chi connectivity index (χ3n) is 6.46. The highest BCUT2D eigenvalue weighted by molar-refractivity contribution is 7.89. The Bertz CT molecular complexity index is 1280. The molecule has 1 aliphatic rings. The van der Waals surface area contributed by atoms with Gasteiger partial charge in [-0.3, -0.25) is 4.79 Å². The summed E-state index contributed by atoms with van der Waals surface area (Å²) in [4.78, 5) is 29.4. The minimum absolute atomic E-state index is 0.127. The first kappa shape index (κ1) is 24.0. The molecule has 1 amide bonds. The predicted octanol–water partition coefficient (Wildman–Crippen LogP) is 3.40. The summed E-state index contributed by atoms with van der Waals surface area (Å²) in [6.45, 7) is 3.37. The second kappa shape index (κ2) is 9.99. The summed E-state index contributed by atoms with van der Waals surface area (Å²) in [7, 11) is -3.97. The lowest BCUT2D eigenvalue weighted by atomic mass is 9.98. The average Bonchev–Trinajstić information content (AvgIpc) is 3.31. The highest BCUT2D eigenvalue weighted by atomic mass is 32.2. The molecule has 0 radical (unpaired) electrons. The molecule has 8 nitrogen and oxygen atoms in total. The number of aryl methyl sites for hydroxylation is 1. The van der Waals surface area contributed by atoms with E-state index in [0.717, 1.165) is 18.4 Å². The number of H-pyrrole nitrogens is 1. The van der Waals surface area contributed by atoms with Crippen LogP contribution in [0.4, 0.5) is 0 Å². The van der Waals surface area contributed by atoms with Crippen molar-refractivity contribution in [2.24, 2.45) is 5.92 Å². The maximum atomic E-state index is 13.4. The number of rotatable bonds is 8. The Labute approximate surface area is 199 Å². The minimum atomic E-state index is -3.97. The lowest BCUT2D eigenvalue weighted by molar-refractivity contribution is -0.134. The Morgan fingerprint density at radius 3 is 2.50 bits per heavy atom. The van der Waals surface area contributed by atoms with Crippen LogP contribution in [0.1, 0.15) is 42.1 Å². The number of hydrogen-bond donors (Lipinski definition) is 3. The predicted molar refractivity (Wildman–Crippen MR) is 129 cm³/mol. The number of hydrogen-bond acceptors (Lipinski definition) is 4. The molecule has 9 heteroatoms. The molecule has 1 unspecified atom stereocenters. The zero-order chi connectivity index (χ0) is 24.3. The van der Waals surface area contributed by atoms with E-state index < -0.39 is 22.0 Å². The van der Waals surface area contributed by atoms with Crippen LogP contribution in [0.3, 0.4) is 0 Å². The van der Waals surface area contributed by atoms with Crippen molar-refractivity contribution in [2.45, 2.75) is 43.5 Å². The van der Waals surface area contributed by atoms with E-state index in [1.54, 1.807) is 41.4 Å². The van der Waals surface area contributed by atoms with Gasteiger partial charge in [0.05, 0.1) is 10.5 Å². The van der Waals surface area contributed by atoms with Gasteiger partial charge in [-0.2, -0.15) is 4.72 Å². The lowest BCUT2D eigenvalue weighted by Gasteiger charge is -2.33. The Kier molecular flexibility index (Phi) is 7.04. The van der Waals surface area contributed by atoms with Gasteiger partial charge in [-0.15, -0.1) is 0 Å². The van der Waals surface area contributed by atoms with Crippen LogP contribution in [-0.4, -0.2) is 54.4 Å². The summed E-state index contributed by atoms with van der Waals surface area (Å²) < 4.78 is 29.4. The van der Waals surface area contributed by atoms with Gasteiger partial charge < -0.3 is 15.0 Å². The molecule has 2 heterocycles. The maximum absolute atomic E-state index is 13.4. The zero-order valence-corrected chi connectivity index (χ0v) is 19.8. The number of aromatic nitrogens is 1. The molecular formula is C25H29N3O5S. The molecule has 1 atom stereocenters. The highest BCUT2D eigenvalue weighted by Gasteiger charge is 2.31. The van der Waals surface area contributed by atoms with Crippen LogP contribution in [0.25, 0.3) is 10.9 Å². The standard InChI is InChI=1S/C25H29N3O5S/c1-17-12-15-28(16-13-17)24(29)22(10-7-18-5-8-19(9-6-18)25(30)31)27-34(32,33)23-4-2-3-21-20(23)11-14-26-21/h2-6,8-9,11,14,17,22,26-27H,7,10,12-13,15-16H2,1H3,(H,30,31). The molecule has 1 saturated heterocycles. The van der Waals surface area contributed by atoms with Gasteiger partial charge >= 0.3 is 5.97 Å². The van der Waals surface area contributed by atoms with Crippen molar-refractivity contribution in [2.75, 3.05) is 13.1 Å². The number of amides is 1. The number of carbonyl (C=O) groups is 2. The molecule has 34 heavy (non-hydrogen) atoms. The van der Waals surface area contributed by atoms with E-state index in [1.165, 1.54) is 18.2 Å². The Hall–Kier alpha value is -3.17. The quantitative estimate of drug-likeness (QED) is 0.454. The third kappa shape index (κ3) is 5.31. The number of benzene rings is 2. The molecule has 0 saturated carbocycles. The van der Waals surface area contributed by atoms with Crippen LogP contribution in [0.5, 0.6) is 0 Å². The SMILES string of the molecule is CC1CCN(C(=O)C(CCc2ccc(C(=O)O)cc2)NS(=O)(=O)c2cccc3[nH]ccc23)CC1. The Morgan fingerprint density at radius 1 is 1.12 bits per heavy atom. The number of carbonyl (C=O) groups excluding carboxylic acids is 1. The first-order valence-electron chi connectivity index (χ1n) is 11.4. The van der Waals surface area contributed by atoms with Gasteiger partial charge in [0.2, 0.25) is 15.9 Å².